The van der Waals surface area contributed by atoms with Crippen LogP contribution in [-0.4, -0.2) is 97.3 Å². The number of fused-ring (bicyclic) bond motifs is 5. The summed E-state index contributed by atoms with van der Waals surface area (Å²) in [4.78, 5) is 85.9. The van der Waals surface area contributed by atoms with Crippen LogP contribution in [0.15, 0.2) is 114 Å². The van der Waals surface area contributed by atoms with Crippen molar-refractivity contribution in [2.45, 2.75) is 135 Å². The molecule has 1 amide bonds. The second-order valence-electron chi connectivity index (χ2n) is 20.7. The maximum absolute atomic E-state index is 15.7. The van der Waals surface area contributed by atoms with Gasteiger partial charge in [0, 0.05) is 31.2 Å². The summed E-state index contributed by atoms with van der Waals surface area (Å²) < 4.78 is 38.3. The fourth-order valence-electron chi connectivity index (χ4n) is 10.3. The number of nitrogens with one attached hydrogen (secondary N) is 1. The smallest absolute Gasteiger partial charge is 0.338 e. The zero-order valence-corrected chi connectivity index (χ0v) is 41.6. The Labute approximate surface area is 398 Å². The van der Waals surface area contributed by atoms with Gasteiger partial charge in [-0.25, -0.2) is 9.59 Å². The van der Waals surface area contributed by atoms with E-state index in [2.05, 4.69) is 5.32 Å². The van der Waals surface area contributed by atoms with Crippen molar-refractivity contribution in [3.05, 3.63) is 131 Å². The molecule has 0 spiro atoms. The van der Waals surface area contributed by atoms with Crippen LogP contribution in [0.3, 0.4) is 0 Å². The van der Waals surface area contributed by atoms with Crippen LogP contribution in [0, 0.1) is 16.7 Å². The highest BCUT2D eigenvalue weighted by atomic mass is 28.4. The SMILES string of the molecule is CC(=O)OC1C(=O)[C@]2(C)C=CC3OC[C@@]3(OC(C)=O)C2C(OC(=O)c2ccccc2)[C@]2(O)CC(OC(=O)C(O[Si](C)(C)C(C)(C)C)C(NC(=O)c3ccccc3)c3ccccc3)C(C)=C1C2(C)C. The van der Waals surface area contributed by atoms with E-state index in [4.69, 9.17) is 28.1 Å². The van der Waals surface area contributed by atoms with Gasteiger partial charge in [0.2, 0.25) is 0 Å². The van der Waals surface area contributed by atoms with E-state index in [0.717, 1.165) is 6.92 Å². The topological polar surface area (TPSA) is 190 Å². The molecule has 4 aliphatic rings. The Kier molecular flexibility index (Phi) is 13.5. The number of Topliss-reactive ketones (excluding diaryl/α,β-unsaturated/α-hetero) is 1. The van der Waals surface area contributed by atoms with Crippen molar-refractivity contribution in [2.24, 2.45) is 16.7 Å². The van der Waals surface area contributed by atoms with Crippen LogP contribution in [0.4, 0.5) is 0 Å². The molecule has 1 saturated heterocycles. The third-order valence-corrected chi connectivity index (χ3v) is 19.5. The second kappa shape index (κ2) is 18.3. The molecule has 3 aliphatic carbocycles. The summed E-state index contributed by atoms with van der Waals surface area (Å²) in [5, 5.41) is 16.6. The molecule has 2 fully saturated rings. The van der Waals surface area contributed by atoms with Crippen LogP contribution < -0.4 is 5.32 Å². The Bertz CT molecular complexity index is 2520. The predicted octanol–water partition coefficient (Wildman–Crippen LogP) is 7.57. The molecule has 0 aromatic heterocycles. The van der Waals surface area contributed by atoms with E-state index in [0.29, 0.717) is 16.7 Å². The average Bonchev–Trinajstić information content (AvgIpc) is 3.27. The number of ether oxygens (including phenoxy) is 5. The van der Waals surface area contributed by atoms with Crippen LogP contribution in [-0.2, 0) is 47.3 Å². The van der Waals surface area contributed by atoms with Gasteiger partial charge in [-0.15, -0.1) is 0 Å². The number of amides is 1. The van der Waals surface area contributed by atoms with Crippen LogP contribution in [0.25, 0.3) is 0 Å². The van der Waals surface area contributed by atoms with Gasteiger partial charge in [-0.05, 0) is 73.0 Å². The largest absolute Gasteiger partial charge is 0.456 e. The lowest BCUT2D eigenvalue weighted by atomic mass is 9.46. The van der Waals surface area contributed by atoms with Gasteiger partial charge in [0.25, 0.3) is 5.91 Å². The van der Waals surface area contributed by atoms with Crippen LogP contribution in [0.2, 0.25) is 18.1 Å². The molecule has 1 aliphatic heterocycles. The minimum atomic E-state index is -2.91. The van der Waals surface area contributed by atoms with E-state index < -0.39 is 120 Å². The second-order valence-corrected chi connectivity index (χ2v) is 25.5. The molecule has 1 heterocycles. The van der Waals surface area contributed by atoms with Crippen LogP contribution in [0.1, 0.15) is 101 Å². The first-order valence-corrected chi connectivity index (χ1v) is 25.9. The molecule has 7 rings (SSSR count). The van der Waals surface area contributed by atoms with E-state index in [-0.39, 0.29) is 17.7 Å². The average molecular weight is 950 g/mol. The van der Waals surface area contributed by atoms with E-state index in [1.54, 1.807) is 125 Å². The van der Waals surface area contributed by atoms with Gasteiger partial charge >= 0.3 is 23.9 Å². The highest BCUT2D eigenvalue weighted by Crippen LogP contribution is 2.63. The quantitative estimate of drug-likeness (QED) is 0.0784. The van der Waals surface area contributed by atoms with Gasteiger partial charge in [-0.3, -0.25) is 19.2 Å². The number of rotatable bonds is 12. The first-order chi connectivity index (χ1) is 31.8. The molecule has 2 N–H and O–H groups in total. The van der Waals surface area contributed by atoms with Crippen molar-refractivity contribution >= 4 is 43.9 Å². The summed E-state index contributed by atoms with van der Waals surface area (Å²) in [6.07, 6.45) is -4.38. The monoisotopic (exact) mass is 949 g/mol. The molecule has 2 bridgehead atoms. The van der Waals surface area contributed by atoms with Crippen LogP contribution in [0.5, 0.6) is 0 Å². The lowest BCUT2D eigenvalue weighted by Gasteiger charge is -2.65. The number of hydrogen-bond donors (Lipinski definition) is 2. The number of carbonyl (C=O) groups is 6. The minimum Gasteiger partial charge on any atom is -0.456 e. The molecule has 14 nitrogen and oxygen atoms in total. The molecule has 3 aromatic carbocycles. The summed E-state index contributed by atoms with van der Waals surface area (Å²) in [6, 6.07) is 24.5. The Morgan fingerprint density at radius 3 is 1.93 bits per heavy atom. The molecular formula is C53H63NO13Si. The van der Waals surface area contributed by atoms with E-state index in [1.807, 2.05) is 39.9 Å². The lowest BCUT2D eigenvalue weighted by Crippen LogP contribution is -2.78. The molecule has 7 unspecified atom stereocenters. The fourth-order valence-corrected chi connectivity index (χ4v) is 11.6. The zero-order valence-electron chi connectivity index (χ0n) is 40.6. The molecule has 1 saturated carbocycles. The van der Waals surface area contributed by atoms with Crippen molar-refractivity contribution in [2.75, 3.05) is 6.61 Å². The number of benzene rings is 3. The predicted molar refractivity (Wildman–Crippen MR) is 252 cm³/mol. The summed E-state index contributed by atoms with van der Waals surface area (Å²) >= 11 is 0. The zero-order chi connectivity index (χ0) is 49.8. The fraction of sp³-hybridized carbons (Fsp3) is 0.472. The summed E-state index contributed by atoms with van der Waals surface area (Å²) in [5.41, 5.74) is -5.81. The lowest BCUT2D eigenvalue weighted by molar-refractivity contribution is -0.306. The third-order valence-electron chi connectivity index (χ3n) is 15.1. The first kappa shape index (κ1) is 50.1. The van der Waals surface area contributed by atoms with E-state index in [1.165, 1.54) is 6.92 Å². The summed E-state index contributed by atoms with van der Waals surface area (Å²) in [5.74, 6) is -5.75. The van der Waals surface area contributed by atoms with Crippen molar-refractivity contribution in [1.29, 1.82) is 0 Å². The molecule has 3 aromatic rings. The van der Waals surface area contributed by atoms with Crippen molar-refractivity contribution < 1.29 is 62.0 Å². The number of allylic oxidation sites excluding steroid dienone is 1. The maximum atomic E-state index is 15.7. The number of aliphatic hydroxyl groups is 1. The molecule has 0 radical (unpaired) electrons. The molecule has 10 atom stereocenters. The standard InChI is InChI=1S/C53H63NO13Si/c1-31-37(64-48(60)42(67-68(10,11)49(4,5)6)40(34-21-15-12-16-22-34)54-46(58)35-23-17-13-18-24-35)29-53(61)45(65-47(59)36-25-19-14-20-26-36)43-51(9,28-27-38-52(43,30-62-38)66-33(3)56)44(57)41(63-32(2)55)39(31)50(53,7)8/h12-28,37-38,40-43,45,61H,29-30H2,1-11H3,(H,54,58)/t37?,38?,40?,41?,42?,43?,45?,51-,52+,53-/m1/s1. The Morgan fingerprint density at radius 2 is 1.40 bits per heavy atom. The number of ketones is 1. The van der Waals surface area contributed by atoms with Crippen molar-refractivity contribution in [3.8, 4) is 0 Å². The van der Waals surface area contributed by atoms with Crippen molar-refractivity contribution in [1.82, 2.24) is 5.32 Å². The first-order valence-electron chi connectivity index (χ1n) is 23.0. The number of esters is 4. The van der Waals surface area contributed by atoms with Crippen LogP contribution >= 0.6 is 0 Å². The normalized spacial score (nSPS) is 29.3. The van der Waals surface area contributed by atoms with Gasteiger partial charge in [-0.2, -0.15) is 0 Å². The van der Waals surface area contributed by atoms with Gasteiger partial charge in [0.05, 0.1) is 29.5 Å². The van der Waals surface area contributed by atoms with Gasteiger partial charge < -0.3 is 38.5 Å². The maximum Gasteiger partial charge on any atom is 0.338 e. The van der Waals surface area contributed by atoms with Gasteiger partial charge in [0.1, 0.15) is 23.9 Å². The molecular weight excluding hydrogens is 887 g/mol. The molecule has 68 heavy (non-hydrogen) atoms. The van der Waals surface area contributed by atoms with E-state index >= 15 is 9.59 Å². The Balaban J connectivity index is 1.43. The van der Waals surface area contributed by atoms with E-state index in [9.17, 15) is 24.3 Å². The third kappa shape index (κ3) is 8.78. The summed E-state index contributed by atoms with van der Waals surface area (Å²) in [6.45, 7) is 18.7. The van der Waals surface area contributed by atoms with Gasteiger partial charge in [0.15, 0.2) is 31.9 Å². The molecule has 362 valence electrons. The number of carbonyl (C=O) groups excluding carboxylic acids is 6. The molecule has 15 heteroatoms. The highest BCUT2D eigenvalue weighted by Gasteiger charge is 2.75. The Hall–Kier alpha value is -5.74. The Morgan fingerprint density at radius 1 is 0.824 bits per heavy atom. The highest BCUT2D eigenvalue weighted by molar-refractivity contribution is 6.74. The summed E-state index contributed by atoms with van der Waals surface area (Å²) in [7, 11) is -2.91. The number of hydrogen-bond acceptors (Lipinski definition) is 13. The van der Waals surface area contributed by atoms with Gasteiger partial charge in [-0.1, -0.05) is 114 Å². The minimum absolute atomic E-state index is 0.130. The van der Waals surface area contributed by atoms with Crippen molar-refractivity contribution in [3.63, 3.8) is 0 Å².